The van der Waals surface area contributed by atoms with Crippen molar-refractivity contribution in [3.63, 3.8) is 0 Å². The van der Waals surface area contributed by atoms with Crippen LogP contribution in [0.2, 0.25) is 0 Å². The Bertz CT molecular complexity index is 330. The maximum absolute atomic E-state index is 12.0. The molecule has 1 unspecified atom stereocenters. The van der Waals surface area contributed by atoms with Gasteiger partial charge in [0.25, 0.3) is 0 Å². The topological polar surface area (TPSA) is 54.4 Å². The average Bonchev–Trinajstić information content (AvgIpc) is 2.27. The van der Waals surface area contributed by atoms with E-state index in [0.717, 1.165) is 0 Å². The Morgan fingerprint density at radius 1 is 1.33 bits per heavy atom. The van der Waals surface area contributed by atoms with Crippen molar-refractivity contribution < 1.29 is 14.7 Å². The molecular formula is C13H22O3S2. The van der Waals surface area contributed by atoms with Crippen LogP contribution in [0.15, 0.2) is 0 Å². The normalized spacial score (nSPS) is 24.4. The SMILES string of the molecule is CSC1(SC)CC(CCC(C)(C)O)C(=O)CC1=O. The number of aliphatic hydroxyl groups is 1. The third-order valence-electron chi connectivity index (χ3n) is 3.49. The van der Waals surface area contributed by atoms with Crippen molar-refractivity contribution in [3.05, 3.63) is 0 Å². The second kappa shape index (κ2) is 5.97. The van der Waals surface area contributed by atoms with Crippen LogP contribution < -0.4 is 0 Å². The molecule has 0 aliphatic heterocycles. The minimum atomic E-state index is -0.747. The van der Waals surface area contributed by atoms with Crippen LogP contribution in [-0.4, -0.2) is 38.9 Å². The molecule has 0 radical (unpaired) electrons. The molecule has 0 heterocycles. The molecule has 1 N–H and O–H groups in total. The summed E-state index contributed by atoms with van der Waals surface area (Å²) in [5, 5.41) is 9.74. The zero-order valence-corrected chi connectivity index (χ0v) is 13.1. The minimum absolute atomic E-state index is 0.0444. The van der Waals surface area contributed by atoms with Crippen LogP contribution in [0, 0.1) is 5.92 Å². The van der Waals surface area contributed by atoms with Crippen molar-refractivity contribution in [1.82, 2.24) is 0 Å². The van der Waals surface area contributed by atoms with E-state index in [1.54, 1.807) is 13.8 Å². The molecule has 0 bridgehead atoms. The molecule has 18 heavy (non-hydrogen) atoms. The molecule has 0 spiro atoms. The fraction of sp³-hybridized carbons (Fsp3) is 0.846. The van der Waals surface area contributed by atoms with E-state index in [9.17, 15) is 14.7 Å². The van der Waals surface area contributed by atoms with E-state index in [4.69, 9.17) is 0 Å². The summed E-state index contributed by atoms with van der Waals surface area (Å²) in [5.41, 5.74) is -0.747. The van der Waals surface area contributed by atoms with Gasteiger partial charge in [-0.25, -0.2) is 0 Å². The predicted molar refractivity (Wildman–Crippen MR) is 78.0 cm³/mol. The number of hydrogen-bond donors (Lipinski definition) is 1. The summed E-state index contributed by atoms with van der Waals surface area (Å²) in [5.74, 6) is 0.00371. The second-order valence-corrected chi connectivity index (χ2v) is 7.95. The second-order valence-electron chi connectivity index (χ2n) is 5.48. The summed E-state index contributed by atoms with van der Waals surface area (Å²) >= 11 is 3.08. The number of thioether (sulfide) groups is 2. The standard InChI is InChI=1S/C13H22O3S2/c1-12(2,16)6-5-9-8-13(17-3,18-4)11(15)7-10(9)14/h9,16H,5-8H2,1-4H3. The number of carbonyl (C=O) groups excluding carboxylic acids is 2. The maximum Gasteiger partial charge on any atom is 0.166 e. The van der Waals surface area contributed by atoms with Crippen molar-refractivity contribution >= 4 is 35.1 Å². The van der Waals surface area contributed by atoms with Gasteiger partial charge in [-0.05, 0) is 45.6 Å². The Balaban J connectivity index is 2.75. The predicted octanol–water partition coefficient (Wildman–Crippen LogP) is 2.51. The lowest BCUT2D eigenvalue weighted by Gasteiger charge is -2.36. The van der Waals surface area contributed by atoms with E-state index in [0.29, 0.717) is 19.3 Å². The highest BCUT2D eigenvalue weighted by Gasteiger charge is 2.46. The fourth-order valence-electron chi connectivity index (χ4n) is 2.26. The largest absolute Gasteiger partial charge is 0.390 e. The molecule has 0 aromatic heterocycles. The molecule has 1 atom stereocenters. The first-order valence-corrected chi connectivity index (χ1v) is 8.58. The lowest BCUT2D eigenvalue weighted by atomic mass is 9.81. The number of carbonyl (C=O) groups is 2. The van der Waals surface area contributed by atoms with E-state index in [-0.39, 0.29) is 23.9 Å². The van der Waals surface area contributed by atoms with Gasteiger partial charge in [0.05, 0.1) is 12.0 Å². The van der Waals surface area contributed by atoms with Gasteiger partial charge < -0.3 is 5.11 Å². The fourth-order valence-corrected chi connectivity index (χ4v) is 4.26. The summed E-state index contributed by atoms with van der Waals surface area (Å²) in [6.07, 6.45) is 5.77. The zero-order chi connectivity index (χ0) is 14.0. The highest BCUT2D eigenvalue weighted by Crippen LogP contribution is 2.46. The van der Waals surface area contributed by atoms with Gasteiger partial charge in [-0.3, -0.25) is 9.59 Å². The first kappa shape index (κ1) is 16.1. The van der Waals surface area contributed by atoms with Gasteiger partial charge in [-0.15, -0.1) is 23.5 Å². The van der Waals surface area contributed by atoms with Crippen LogP contribution in [0.3, 0.4) is 0 Å². The van der Waals surface area contributed by atoms with E-state index in [1.807, 2.05) is 12.5 Å². The van der Waals surface area contributed by atoms with E-state index >= 15 is 0 Å². The molecule has 1 saturated carbocycles. The molecule has 1 rings (SSSR count). The maximum atomic E-state index is 12.0. The van der Waals surface area contributed by atoms with Crippen LogP contribution in [-0.2, 0) is 9.59 Å². The van der Waals surface area contributed by atoms with E-state index in [2.05, 4.69) is 0 Å². The summed E-state index contributed by atoms with van der Waals surface area (Å²) < 4.78 is -0.460. The average molecular weight is 290 g/mol. The lowest BCUT2D eigenvalue weighted by Crippen LogP contribution is -2.43. The first-order chi connectivity index (χ1) is 8.24. The molecule has 1 aliphatic carbocycles. The Kier molecular flexibility index (Phi) is 5.32. The summed E-state index contributed by atoms with van der Waals surface area (Å²) in [6, 6.07) is 0. The zero-order valence-electron chi connectivity index (χ0n) is 11.5. The quantitative estimate of drug-likeness (QED) is 0.623. The molecular weight excluding hydrogens is 268 g/mol. The third kappa shape index (κ3) is 3.75. The minimum Gasteiger partial charge on any atom is -0.390 e. The van der Waals surface area contributed by atoms with Gasteiger partial charge in [-0.1, -0.05) is 0 Å². The number of Topliss-reactive ketones (excluding diaryl/α,β-unsaturated/α-hetero) is 2. The van der Waals surface area contributed by atoms with Gasteiger partial charge in [0.2, 0.25) is 0 Å². The van der Waals surface area contributed by atoms with Gasteiger partial charge in [-0.2, -0.15) is 0 Å². The summed E-state index contributed by atoms with van der Waals surface area (Å²) in [4.78, 5) is 23.9. The summed E-state index contributed by atoms with van der Waals surface area (Å²) in [6.45, 7) is 3.50. The van der Waals surface area contributed by atoms with Crippen LogP contribution in [0.25, 0.3) is 0 Å². The van der Waals surface area contributed by atoms with Crippen molar-refractivity contribution in [2.75, 3.05) is 12.5 Å². The first-order valence-electron chi connectivity index (χ1n) is 6.13. The van der Waals surface area contributed by atoms with Crippen LogP contribution in [0.5, 0.6) is 0 Å². The molecule has 0 aromatic rings. The Morgan fingerprint density at radius 2 is 1.89 bits per heavy atom. The Hall–Kier alpha value is -0.000000000000000111. The third-order valence-corrected chi connectivity index (χ3v) is 6.60. The van der Waals surface area contributed by atoms with Crippen LogP contribution in [0.4, 0.5) is 0 Å². The van der Waals surface area contributed by atoms with E-state index < -0.39 is 9.68 Å². The smallest absolute Gasteiger partial charge is 0.166 e. The highest BCUT2D eigenvalue weighted by molar-refractivity contribution is 8.18. The molecule has 0 amide bonds. The summed E-state index contributed by atoms with van der Waals surface area (Å²) in [7, 11) is 0. The number of rotatable bonds is 5. The lowest BCUT2D eigenvalue weighted by molar-refractivity contribution is -0.133. The number of hydrogen-bond acceptors (Lipinski definition) is 5. The molecule has 1 fully saturated rings. The monoisotopic (exact) mass is 290 g/mol. The van der Waals surface area contributed by atoms with Crippen molar-refractivity contribution in [1.29, 1.82) is 0 Å². The molecule has 5 heteroatoms. The van der Waals surface area contributed by atoms with Gasteiger partial charge in [0.1, 0.15) is 9.86 Å². The highest BCUT2D eigenvalue weighted by atomic mass is 32.2. The van der Waals surface area contributed by atoms with Gasteiger partial charge in [0, 0.05) is 5.92 Å². The Morgan fingerprint density at radius 3 is 2.33 bits per heavy atom. The van der Waals surface area contributed by atoms with Crippen molar-refractivity contribution in [2.45, 2.75) is 49.2 Å². The molecule has 1 aliphatic rings. The van der Waals surface area contributed by atoms with Gasteiger partial charge in [0.15, 0.2) is 5.78 Å². The number of ketones is 2. The molecule has 0 aromatic carbocycles. The van der Waals surface area contributed by atoms with E-state index in [1.165, 1.54) is 23.5 Å². The Labute approximate surface area is 117 Å². The molecule has 104 valence electrons. The van der Waals surface area contributed by atoms with Crippen LogP contribution in [0.1, 0.15) is 39.5 Å². The molecule has 0 saturated heterocycles. The molecule has 3 nitrogen and oxygen atoms in total. The van der Waals surface area contributed by atoms with Crippen LogP contribution >= 0.6 is 23.5 Å². The van der Waals surface area contributed by atoms with Crippen molar-refractivity contribution in [2.24, 2.45) is 5.92 Å². The van der Waals surface area contributed by atoms with Gasteiger partial charge >= 0.3 is 0 Å². The van der Waals surface area contributed by atoms with Crippen molar-refractivity contribution in [3.8, 4) is 0 Å².